The first-order valence-electron chi connectivity index (χ1n) is 3.91. The van der Waals surface area contributed by atoms with Crippen molar-refractivity contribution in [3.8, 4) is 17.2 Å². The van der Waals surface area contributed by atoms with E-state index in [1.807, 2.05) is 0 Å². The smallest absolute Gasteiger partial charge is 0.310 e. The Hall–Kier alpha value is -1.91. The van der Waals surface area contributed by atoms with Gasteiger partial charge in [-0.1, -0.05) is 0 Å². The fraction of sp³-hybridized carbons (Fsp3) is 0.222. The Labute approximate surface area is 79.9 Å². The molecule has 0 aromatic heterocycles. The highest BCUT2D eigenvalue weighted by Gasteiger charge is 2.17. The van der Waals surface area contributed by atoms with Gasteiger partial charge in [0.15, 0.2) is 17.2 Å². The van der Waals surface area contributed by atoms with Crippen LogP contribution in [0, 0.1) is 0 Å². The molecule has 0 aliphatic rings. The van der Waals surface area contributed by atoms with Crippen LogP contribution in [0.1, 0.15) is 18.4 Å². The van der Waals surface area contributed by atoms with Crippen LogP contribution in [0.4, 0.5) is 0 Å². The van der Waals surface area contributed by atoms with Crippen molar-refractivity contribution >= 4 is 5.97 Å². The fourth-order valence-corrected chi connectivity index (χ4v) is 1.02. The number of carbonyl (C=O) groups is 1. The first kappa shape index (κ1) is 10.2. The Morgan fingerprint density at radius 2 is 1.64 bits per heavy atom. The fourth-order valence-electron chi connectivity index (χ4n) is 1.02. The summed E-state index contributed by atoms with van der Waals surface area (Å²) >= 11 is 0. The van der Waals surface area contributed by atoms with Crippen LogP contribution in [0.5, 0.6) is 17.2 Å². The van der Waals surface area contributed by atoms with Gasteiger partial charge in [0.2, 0.25) is 0 Å². The molecule has 0 aliphatic carbocycles. The SMILES string of the molecule is CC(C(=O)O)c1cc(O)c(O)c(O)c1. The van der Waals surface area contributed by atoms with E-state index < -0.39 is 29.1 Å². The lowest BCUT2D eigenvalue weighted by Gasteiger charge is -2.08. The summed E-state index contributed by atoms with van der Waals surface area (Å²) in [5.74, 6) is -3.64. The number of phenols is 3. The molecule has 0 radical (unpaired) electrons. The zero-order chi connectivity index (χ0) is 10.9. The predicted molar refractivity (Wildman–Crippen MR) is 47.5 cm³/mol. The van der Waals surface area contributed by atoms with Crippen molar-refractivity contribution < 1.29 is 25.2 Å². The second-order valence-corrected chi connectivity index (χ2v) is 2.97. The number of phenolic OH excluding ortho intramolecular Hbond substituents is 3. The van der Waals surface area contributed by atoms with Crippen LogP contribution in [0.15, 0.2) is 12.1 Å². The average Bonchev–Trinajstić information content (AvgIpc) is 2.12. The second kappa shape index (κ2) is 3.45. The molecule has 0 spiro atoms. The summed E-state index contributed by atoms with van der Waals surface area (Å²) in [5, 5.41) is 35.9. The topological polar surface area (TPSA) is 98.0 Å². The van der Waals surface area contributed by atoms with E-state index in [1.165, 1.54) is 6.92 Å². The molecule has 0 amide bonds. The van der Waals surface area contributed by atoms with E-state index >= 15 is 0 Å². The predicted octanol–water partition coefficient (Wildman–Crippen LogP) is 0.991. The third kappa shape index (κ3) is 1.71. The van der Waals surface area contributed by atoms with E-state index in [9.17, 15) is 4.79 Å². The Morgan fingerprint density at radius 1 is 1.21 bits per heavy atom. The minimum Gasteiger partial charge on any atom is -0.504 e. The van der Waals surface area contributed by atoms with Gasteiger partial charge in [-0.25, -0.2) is 0 Å². The minimum atomic E-state index is -1.07. The summed E-state index contributed by atoms with van der Waals surface area (Å²) in [6.45, 7) is 1.41. The molecule has 5 nitrogen and oxygen atoms in total. The Bertz CT molecular complexity index is 348. The van der Waals surface area contributed by atoms with Gasteiger partial charge in [0.05, 0.1) is 5.92 Å². The standard InChI is InChI=1S/C9H10O5/c1-4(9(13)14)5-2-6(10)8(12)7(11)3-5/h2-4,10-12H,1H3,(H,13,14). The zero-order valence-corrected chi connectivity index (χ0v) is 7.43. The van der Waals surface area contributed by atoms with Crippen molar-refractivity contribution in [1.29, 1.82) is 0 Å². The van der Waals surface area contributed by atoms with Gasteiger partial charge < -0.3 is 20.4 Å². The van der Waals surface area contributed by atoms with E-state index in [0.29, 0.717) is 0 Å². The third-order valence-corrected chi connectivity index (χ3v) is 1.96. The maximum absolute atomic E-state index is 10.6. The monoisotopic (exact) mass is 198 g/mol. The molecule has 4 N–H and O–H groups in total. The van der Waals surface area contributed by atoms with Crippen molar-refractivity contribution in [1.82, 2.24) is 0 Å². The molecule has 1 atom stereocenters. The Morgan fingerprint density at radius 3 is 2.00 bits per heavy atom. The van der Waals surface area contributed by atoms with E-state index in [1.54, 1.807) is 0 Å². The molecule has 0 bridgehead atoms. The van der Waals surface area contributed by atoms with Crippen LogP contribution in [0.3, 0.4) is 0 Å². The normalized spacial score (nSPS) is 12.4. The van der Waals surface area contributed by atoms with Gasteiger partial charge in [0.25, 0.3) is 0 Å². The average molecular weight is 198 g/mol. The maximum Gasteiger partial charge on any atom is 0.310 e. The molecule has 0 fully saturated rings. The highest BCUT2D eigenvalue weighted by Crippen LogP contribution is 2.37. The summed E-state index contributed by atoms with van der Waals surface area (Å²) in [6, 6.07) is 2.21. The molecule has 0 saturated heterocycles. The van der Waals surface area contributed by atoms with Crippen LogP contribution in [-0.2, 0) is 4.79 Å². The number of aliphatic carboxylic acids is 1. The number of carboxylic acid groups (broad SMARTS) is 1. The Balaban J connectivity index is 3.19. The molecule has 76 valence electrons. The first-order valence-corrected chi connectivity index (χ1v) is 3.91. The maximum atomic E-state index is 10.6. The van der Waals surface area contributed by atoms with E-state index in [2.05, 4.69) is 0 Å². The molecule has 1 aromatic carbocycles. The number of carboxylic acids is 1. The molecule has 5 heteroatoms. The van der Waals surface area contributed by atoms with Crippen molar-refractivity contribution in [3.63, 3.8) is 0 Å². The van der Waals surface area contributed by atoms with Crippen molar-refractivity contribution in [3.05, 3.63) is 17.7 Å². The second-order valence-electron chi connectivity index (χ2n) is 2.97. The van der Waals surface area contributed by atoms with Gasteiger partial charge >= 0.3 is 5.97 Å². The zero-order valence-electron chi connectivity index (χ0n) is 7.43. The van der Waals surface area contributed by atoms with Crippen LogP contribution in [0.2, 0.25) is 0 Å². The van der Waals surface area contributed by atoms with Gasteiger partial charge in [0.1, 0.15) is 0 Å². The summed E-state index contributed by atoms with van der Waals surface area (Å²) < 4.78 is 0. The van der Waals surface area contributed by atoms with Crippen LogP contribution in [-0.4, -0.2) is 26.4 Å². The van der Waals surface area contributed by atoms with Gasteiger partial charge in [-0.05, 0) is 24.6 Å². The van der Waals surface area contributed by atoms with Gasteiger partial charge in [-0.3, -0.25) is 4.79 Å². The summed E-state index contributed by atoms with van der Waals surface area (Å²) in [4.78, 5) is 10.6. The lowest BCUT2D eigenvalue weighted by atomic mass is 10.0. The number of rotatable bonds is 2. The van der Waals surface area contributed by atoms with Crippen LogP contribution in [0.25, 0.3) is 0 Å². The molecular weight excluding hydrogens is 188 g/mol. The van der Waals surface area contributed by atoms with Gasteiger partial charge in [-0.2, -0.15) is 0 Å². The molecule has 0 heterocycles. The first-order chi connectivity index (χ1) is 6.43. The van der Waals surface area contributed by atoms with E-state index in [4.69, 9.17) is 20.4 Å². The van der Waals surface area contributed by atoms with Crippen molar-refractivity contribution in [2.24, 2.45) is 0 Å². The van der Waals surface area contributed by atoms with E-state index in [-0.39, 0.29) is 5.56 Å². The summed E-state index contributed by atoms with van der Waals surface area (Å²) in [6.07, 6.45) is 0. The van der Waals surface area contributed by atoms with Crippen molar-refractivity contribution in [2.45, 2.75) is 12.8 Å². The highest BCUT2D eigenvalue weighted by molar-refractivity contribution is 5.76. The Kier molecular flexibility index (Phi) is 2.51. The molecule has 0 aliphatic heterocycles. The van der Waals surface area contributed by atoms with Crippen LogP contribution < -0.4 is 0 Å². The number of hydrogen-bond donors (Lipinski definition) is 4. The molecule has 14 heavy (non-hydrogen) atoms. The van der Waals surface area contributed by atoms with E-state index in [0.717, 1.165) is 12.1 Å². The molecular formula is C9H10O5. The molecule has 1 aromatic rings. The molecule has 0 saturated carbocycles. The van der Waals surface area contributed by atoms with Crippen LogP contribution >= 0.6 is 0 Å². The van der Waals surface area contributed by atoms with Gasteiger partial charge in [0, 0.05) is 0 Å². The number of aromatic hydroxyl groups is 3. The minimum absolute atomic E-state index is 0.227. The molecule has 1 unspecified atom stereocenters. The number of benzene rings is 1. The summed E-state index contributed by atoms with van der Waals surface area (Å²) in [5.41, 5.74) is 0.227. The van der Waals surface area contributed by atoms with Gasteiger partial charge in [-0.15, -0.1) is 0 Å². The number of hydrogen-bond acceptors (Lipinski definition) is 4. The lowest BCUT2D eigenvalue weighted by molar-refractivity contribution is -0.138. The largest absolute Gasteiger partial charge is 0.504 e. The third-order valence-electron chi connectivity index (χ3n) is 1.96. The quantitative estimate of drug-likeness (QED) is 0.531. The summed E-state index contributed by atoms with van der Waals surface area (Å²) in [7, 11) is 0. The van der Waals surface area contributed by atoms with Crippen molar-refractivity contribution in [2.75, 3.05) is 0 Å². The lowest BCUT2D eigenvalue weighted by Crippen LogP contribution is -2.06. The highest BCUT2D eigenvalue weighted by atomic mass is 16.4. The molecule has 1 rings (SSSR count).